The van der Waals surface area contributed by atoms with Crippen LogP contribution in [0.3, 0.4) is 0 Å². The van der Waals surface area contributed by atoms with E-state index < -0.39 is 5.97 Å². The number of rotatable bonds is 9. The van der Waals surface area contributed by atoms with Gasteiger partial charge in [0.2, 0.25) is 5.91 Å². The Labute approximate surface area is 158 Å². The Kier molecular flexibility index (Phi) is 6.32. The molecule has 0 aromatic heterocycles. The summed E-state index contributed by atoms with van der Waals surface area (Å²) in [4.78, 5) is 34.4. The molecule has 8 heteroatoms. The van der Waals surface area contributed by atoms with Crippen LogP contribution in [-0.2, 0) is 9.59 Å². The number of carboxylic acids is 1. The van der Waals surface area contributed by atoms with E-state index in [4.69, 9.17) is 5.11 Å². The number of aliphatic carboxylic acids is 1. The summed E-state index contributed by atoms with van der Waals surface area (Å²) in [7, 11) is 0. The number of amides is 3. The minimum atomic E-state index is -0.851. The van der Waals surface area contributed by atoms with Gasteiger partial charge < -0.3 is 21.1 Å². The molecule has 0 radical (unpaired) electrons. The summed E-state index contributed by atoms with van der Waals surface area (Å²) < 4.78 is 0. The van der Waals surface area contributed by atoms with Crippen molar-refractivity contribution in [3.05, 3.63) is 0 Å². The summed E-state index contributed by atoms with van der Waals surface area (Å²) in [6.45, 7) is 0.753. The van der Waals surface area contributed by atoms with E-state index in [1.807, 2.05) is 0 Å². The summed E-state index contributed by atoms with van der Waals surface area (Å²) >= 11 is 1.27. The zero-order chi connectivity index (χ0) is 18.6. The fraction of sp³-hybridized carbons (Fsp3) is 0.833. The lowest BCUT2D eigenvalue weighted by Crippen LogP contribution is -2.61. The lowest BCUT2D eigenvalue weighted by atomic mass is 9.53. The average molecular weight is 384 g/mol. The Bertz CT molecular complexity index is 519. The van der Waals surface area contributed by atoms with Crippen LogP contribution in [0.1, 0.15) is 44.9 Å². The van der Waals surface area contributed by atoms with Crippen molar-refractivity contribution in [1.82, 2.24) is 16.0 Å². The molecular formula is C18H29N3O4S. The third kappa shape index (κ3) is 5.28. The van der Waals surface area contributed by atoms with Crippen LogP contribution in [0.4, 0.5) is 4.79 Å². The SMILES string of the molecule is O=C(O)CSCCNC(=O)CCNC(=O)NC12CC3CC(CC(C3)C1)C2. The van der Waals surface area contributed by atoms with Crippen LogP contribution in [0.15, 0.2) is 0 Å². The molecule has 4 fully saturated rings. The largest absolute Gasteiger partial charge is 0.481 e. The van der Waals surface area contributed by atoms with Crippen LogP contribution >= 0.6 is 11.8 Å². The fourth-order valence-corrected chi connectivity index (χ4v) is 5.91. The molecule has 0 atom stereocenters. The fourth-order valence-electron chi connectivity index (χ4n) is 5.35. The van der Waals surface area contributed by atoms with Crippen LogP contribution in [-0.4, -0.2) is 53.1 Å². The predicted octanol–water partition coefficient (Wildman–Crippen LogP) is 1.58. The highest BCUT2D eigenvalue weighted by Gasteiger charge is 2.51. The Morgan fingerprint density at radius 1 is 0.962 bits per heavy atom. The molecule has 4 bridgehead atoms. The molecule has 0 aromatic carbocycles. The second kappa shape index (κ2) is 8.50. The number of carbonyl (C=O) groups is 3. The monoisotopic (exact) mass is 383 g/mol. The van der Waals surface area contributed by atoms with E-state index in [1.54, 1.807) is 0 Å². The minimum absolute atomic E-state index is 0.0115. The lowest BCUT2D eigenvalue weighted by Gasteiger charge is -2.56. The third-order valence-electron chi connectivity index (χ3n) is 5.85. The Morgan fingerprint density at radius 2 is 1.58 bits per heavy atom. The van der Waals surface area contributed by atoms with Crippen LogP contribution in [0.25, 0.3) is 0 Å². The van der Waals surface area contributed by atoms with Gasteiger partial charge in [-0.05, 0) is 56.3 Å². The molecule has 0 aromatic rings. The van der Waals surface area contributed by atoms with Crippen molar-refractivity contribution in [2.45, 2.75) is 50.5 Å². The number of carboxylic acid groups (broad SMARTS) is 1. The molecule has 0 heterocycles. The number of thioether (sulfide) groups is 1. The van der Waals surface area contributed by atoms with Gasteiger partial charge in [-0.3, -0.25) is 9.59 Å². The molecule has 4 N–H and O–H groups in total. The maximum Gasteiger partial charge on any atom is 0.315 e. The second-order valence-corrected chi connectivity index (χ2v) is 9.23. The van der Waals surface area contributed by atoms with Crippen LogP contribution in [0.2, 0.25) is 0 Å². The van der Waals surface area contributed by atoms with Gasteiger partial charge in [0.15, 0.2) is 0 Å². The molecule has 4 rings (SSSR count). The zero-order valence-electron chi connectivity index (χ0n) is 15.1. The van der Waals surface area contributed by atoms with Crippen molar-refractivity contribution in [2.24, 2.45) is 17.8 Å². The highest BCUT2D eigenvalue weighted by molar-refractivity contribution is 7.99. The number of hydrogen-bond donors (Lipinski definition) is 4. The standard InChI is InChI=1S/C18H29N3O4S/c22-15(19-3-4-26-11-16(23)24)1-2-20-17(25)21-18-8-12-5-13(9-18)7-14(6-12)10-18/h12-14H,1-11H2,(H,19,22)(H,23,24)(H2,20,21,25). The van der Waals surface area contributed by atoms with Crippen LogP contribution in [0.5, 0.6) is 0 Å². The summed E-state index contributed by atoms with van der Waals surface area (Å²) in [5.74, 6) is 1.98. The molecule has 0 saturated heterocycles. The van der Waals surface area contributed by atoms with Gasteiger partial charge >= 0.3 is 12.0 Å². The van der Waals surface area contributed by atoms with E-state index in [0.717, 1.165) is 37.0 Å². The van der Waals surface area contributed by atoms with Crippen molar-refractivity contribution >= 4 is 29.7 Å². The van der Waals surface area contributed by atoms with Gasteiger partial charge in [-0.15, -0.1) is 11.8 Å². The average Bonchev–Trinajstić information content (AvgIpc) is 2.52. The number of hydrogen-bond acceptors (Lipinski definition) is 4. The van der Waals surface area contributed by atoms with Crippen LogP contribution in [0, 0.1) is 17.8 Å². The van der Waals surface area contributed by atoms with E-state index >= 15 is 0 Å². The molecule has 0 unspecified atom stereocenters. The predicted molar refractivity (Wildman–Crippen MR) is 100 cm³/mol. The summed E-state index contributed by atoms with van der Waals surface area (Å²) in [5, 5.41) is 17.3. The second-order valence-electron chi connectivity index (χ2n) is 8.13. The molecule has 146 valence electrons. The van der Waals surface area contributed by atoms with E-state index in [9.17, 15) is 14.4 Å². The molecule has 0 aliphatic heterocycles. The molecule has 4 aliphatic rings. The quantitative estimate of drug-likeness (QED) is 0.452. The molecular weight excluding hydrogens is 354 g/mol. The van der Waals surface area contributed by atoms with Gasteiger partial charge in [0.05, 0.1) is 5.75 Å². The first-order valence-electron chi connectivity index (χ1n) is 9.56. The lowest BCUT2D eigenvalue weighted by molar-refractivity contribution is -0.133. The number of urea groups is 1. The van der Waals surface area contributed by atoms with Crippen molar-refractivity contribution in [2.75, 3.05) is 24.6 Å². The minimum Gasteiger partial charge on any atom is -0.481 e. The molecule has 4 aliphatic carbocycles. The zero-order valence-corrected chi connectivity index (χ0v) is 15.9. The van der Waals surface area contributed by atoms with E-state index in [0.29, 0.717) is 18.8 Å². The highest BCUT2D eigenvalue weighted by atomic mass is 32.2. The van der Waals surface area contributed by atoms with E-state index in [2.05, 4.69) is 16.0 Å². The maximum absolute atomic E-state index is 12.3. The third-order valence-corrected chi connectivity index (χ3v) is 6.79. The first kappa shape index (κ1) is 19.3. The Balaban J connectivity index is 1.29. The van der Waals surface area contributed by atoms with Crippen LogP contribution < -0.4 is 16.0 Å². The molecule has 7 nitrogen and oxygen atoms in total. The highest BCUT2D eigenvalue weighted by Crippen LogP contribution is 2.55. The Hall–Kier alpha value is -1.44. The Morgan fingerprint density at radius 3 is 2.15 bits per heavy atom. The maximum atomic E-state index is 12.3. The van der Waals surface area contributed by atoms with Crippen molar-refractivity contribution in [3.8, 4) is 0 Å². The number of nitrogens with one attached hydrogen (secondary N) is 3. The first-order chi connectivity index (χ1) is 12.4. The van der Waals surface area contributed by atoms with Crippen molar-refractivity contribution in [1.29, 1.82) is 0 Å². The van der Waals surface area contributed by atoms with E-state index in [1.165, 1.54) is 31.0 Å². The van der Waals surface area contributed by atoms with Gasteiger partial charge in [0.1, 0.15) is 0 Å². The van der Waals surface area contributed by atoms with Gasteiger partial charge in [-0.2, -0.15) is 0 Å². The first-order valence-corrected chi connectivity index (χ1v) is 10.7. The summed E-state index contributed by atoms with van der Waals surface area (Å²) in [5.41, 5.74) is -0.0115. The summed E-state index contributed by atoms with van der Waals surface area (Å²) in [6, 6.07) is -0.156. The topological polar surface area (TPSA) is 108 Å². The normalized spacial score (nSPS) is 31.5. The molecule has 0 spiro atoms. The van der Waals surface area contributed by atoms with Gasteiger partial charge in [0.25, 0.3) is 0 Å². The molecule has 26 heavy (non-hydrogen) atoms. The van der Waals surface area contributed by atoms with Gasteiger partial charge in [-0.25, -0.2) is 4.79 Å². The summed E-state index contributed by atoms with van der Waals surface area (Å²) in [6.07, 6.45) is 7.59. The smallest absolute Gasteiger partial charge is 0.315 e. The number of carbonyl (C=O) groups excluding carboxylic acids is 2. The van der Waals surface area contributed by atoms with Gasteiger partial charge in [0, 0.05) is 30.8 Å². The molecule has 3 amide bonds. The van der Waals surface area contributed by atoms with Crippen molar-refractivity contribution in [3.63, 3.8) is 0 Å². The van der Waals surface area contributed by atoms with Crippen molar-refractivity contribution < 1.29 is 19.5 Å². The van der Waals surface area contributed by atoms with Gasteiger partial charge in [-0.1, -0.05) is 0 Å². The van der Waals surface area contributed by atoms with E-state index in [-0.39, 0.29) is 29.7 Å². The molecule has 4 saturated carbocycles.